The van der Waals surface area contributed by atoms with E-state index in [1.54, 1.807) is 0 Å². The Morgan fingerprint density at radius 2 is 0.780 bits per heavy atom. The van der Waals surface area contributed by atoms with Gasteiger partial charge in [0.2, 0.25) is 0 Å². The van der Waals surface area contributed by atoms with Crippen LogP contribution >= 0.6 is 0 Å². The summed E-state index contributed by atoms with van der Waals surface area (Å²) >= 11 is 0. The first-order chi connectivity index (χ1) is 24.7. The molecule has 232 valence electrons. The van der Waals surface area contributed by atoms with Crippen LogP contribution < -0.4 is 0 Å². The Hall–Kier alpha value is -6.89. The summed E-state index contributed by atoms with van der Waals surface area (Å²) in [5, 5.41) is 15.1. The fourth-order valence-electron chi connectivity index (χ4n) is 7.12. The van der Waals surface area contributed by atoms with Crippen molar-refractivity contribution in [3.8, 4) is 62.1 Å². The van der Waals surface area contributed by atoms with Crippen molar-refractivity contribution in [2.45, 2.75) is 0 Å². The monoisotopic (exact) mass is 635 g/mol. The van der Waals surface area contributed by atoms with Crippen LogP contribution in [-0.2, 0) is 0 Å². The SMILES string of the molecule is N#Cc1ccc(-c2ccc(-c3ccc(-c4ccc(-c5nc(-c6ccccc6)c6ccccc6n5)cc4)c4ccccc34)c3ccccc23)cc1. The second kappa shape index (κ2) is 12.3. The first kappa shape index (κ1) is 29.3. The highest BCUT2D eigenvalue weighted by Crippen LogP contribution is 2.41. The zero-order chi connectivity index (χ0) is 33.4. The Kier molecular flexibility index (Phi) is 7.19. The summed E-state index contributed by atoms with van der Waals surface area (Å²) in [5.74, 6) is 0.714. The van der Waals surface area contributed by atoms with E-state index in [0.29, 0.717) is 11.4 Å². The number of nitriles is 1. The molecule has 1 aromatic heterocycles. The molecule has 0 N–H and O–H groups in total. The van der Waals surface area contributed by atoms with Crippen LogP contribution in [0.1, 0.15) is 5.56 Å². The summed E-state index contributed by atoms with van der Waals surface area (Å²) in [7, 11) is 0. The summed E-state index contributed by atoms with van der Waals surface area (Å²) in [4.78, 5) is 10.0. The number of para-hydroxylation sites is 1. The molecule has 0 spiro atoms. The van der Waals surface area contributed by atoms with Crippen molar-refractivity contribution >= 4 is 32.4 Å². The topological polar surface area (TPSA) is 49.6 Å². The van der Waals surface area contributed by atoms with Crippen LogP contribution in [0.4, 0.5) is 0 Å². The van der Waals surface area contributed by atoms with Crippen molar-refractivity contribution in [3.05, 3.63) is 181 Å². The molecule has 0 aliphatic carbocycles. The number of benzene rings is 8. The lowest BCUT2D eigenvalue weighted by Crippen LogP contribution is -1.95. The van der Waals surface area contributed by atoms with Crippen LogP contribution in [0.15, 0.2) is 176 Å². The minimum absolute atomic E-state index is 0.662. The molecule has 0 amide bonds. The lowest BCUT2D eigenvalue weighted by atomic mass is 9.88. The van der Waals surface area contributed by atoms with Gasteiger partial charge in [-0.3, -0.25) is 0 Å². The number of hydrogen-bond acceptors (Lipinski definition) is 3. The molecule has 1 heterocycles. The first-order valence-corrected chi connectivity index (χ1v) is 16.7. The average molecular weight is 636 g/mol. The highest BCUT2D eigenvalue weighted by molar-refractivity contribution is 6.12. The maximum absolute atomic E-state index is 9.29. The second-order valence-corrected chi connectivity index (χ2v) is 12.5. The van der Waals surface area contributed by atoms with E-state index in [1.165, 1.54) is 38.2 Å². The molecule has 0 aliphatic rings. The Morgan fingerprint density at radius 3 is 1.34 bits per heavy atom. The molecule has 0 unspecified atom stereocenters. The molecule has 50 heavy (non-hydrogen) atoms. The Bertz CT molecular complexity index is 2740. The van der Waals surface area contributed by atoms with Crippen LogP contribution in [-0.4, -0.2) is 9.97 Å². The highest BCUT2D eigenvalue weighted by atomic mass is 14.9. The van der Waals surface area contributed by atoms with Crippen molar-refractivity contribution in [2.75, 3.05) is 0 Å². The molecule has 3 nitrogen and oxygen atoms in total. The lowest BCUT2D eigenvalue weighted by molar-refractivity contribution is 1.23. The van der Waals surface area contributed by atoms with Crippen LogP contribution in [0.5, 0.6) is 0 Å². The fourth-order valence-corrected chi connectivity index (χ4v) is 7.12. The third-order valence-corrected chi connectivity index (χ3v) is 9.57. The molecule has 0 radical (unpaired) electrons. The van der Waals surface area contributed by atoms with Crippen LogP contribution in [0.25, 0.3) is 88.5 Å². The normalized spacial score (nSPS) is 11.2. The summed E-state index contributed by atoms with van der Waals surface area (Å²) < 4.78 is 0. The van der Waals surface area contributed by atoms with Gasteiger partial charge in [0.25, 0.3) is 0 Å². The predicted molar refractivity (Wildman–Crippen MR) is 206 cm³/mol. The van der Waals surface area contributed by atoms with E-state index in [4.69, 9.17) is 9.97 Å². The molecule has 0 bridgehead atoms. The lowest BCUT2D eigenvalue weighted by Gasteiger charge is -2.16. The highest BCUT2D eigenvalue weighted by Gasteiger charge is 2.15. The number of rotatable bonds is 5. The summed E-state index contributed by atoms with van der Waals surface area (Å²) in [6, 6.07) is 63.4. The number of nitrogens with zero attached hydrogens (tertiary/aromatic N) is 3. The van der Waals surface area contributed by atoms with Gasteiger partial charge in [0.1, 0.15) is 0 Å². The van der Waals surface area contributed by atoms with Crippen molar-refractivity contribution in [1.82, 2.24) is 9.97 Å². The van der Waals surface area contributed by atoms with Gasteiger partial charge in [0.15, 0.2) is 5.82 Å². The third kappa shape index (κ3) is 5.08. The summed E-state index contributed by atoms with van der Waals surface area (Å²) in [5.41, 5.74) is 11.5. The Morgan fingerprint density at radius 1 is 0.340 bits per heavy atom. The standard InChI is InChI=1S/C47H29N3/c48-30-31-18-20-32(21-19-31)36-26-28-42(40-14-6-4-12-38(36)40)43-29-27-37(39-13-5-7-15-41(39)43)33-22-24-35(25-23-33)47-49-45-17-9-8-16-44(45)46(50-47)34-10-2-1-3-11-34/h1-29H. The van der Waals surface area contributed by atoms with Gasteiger partial charge in [0.05, 0.1) is 22.8 Å². The third-order valence-electron chi connectivity index (χ3n) is 9.57. The average Bonchev–Trinajstić information content (AvgIpc) is 3.20. The van der Waals surface area contributed by atoms with Gasteiger partial charge in [-0.25, -0.2) is 9.97 Å². The Balaban J connectivity index is 1.12. The van der Waals surface area contributed by atoms with Gasteiger partial charge >= 0.3 is 0 Å². The maximum atomic E-state index is 9.29. The fraction of sp³-hybridized carbons (Fsp3) is 0. The minimum atomic E-state index is 0.662. The second-order valence-electron chi connectivity index (χ2n) is 12.5. The van der Waals surface area contributed by atoms with Gasteiger partial charge in [-0.15, -0.1) is 0 Å². The summed E-state index contributed by atoms with van der Waals surface area (Å²) in [6.45, 7) is 0. The molecule has 0 saturated carbocycles. The number of hydrogen-bond donors (Lipinski definition) is 0. The smallest absolute Gasteiger partial charge is 0.160 e. The molecular formula is C47H29N3. The number of aromatic nitrogens is 2. The van der Waals surface area contributed by atoms with Crippen LogP contribution in [0.2, 0.25) is 0 Å². The summed E-state index contributed by atoms with van der Waals surface area (Å²) in [6.07, 6.45) is 0. The van der Waals surface area contributed by atoms with E-state index in [2.05, 4.69) is 127 Å². The van der Waals surface area contributed by atoms with E-state index in [1.807, 2.05) is 54.6 Å². The van der Waals surface area contributed by atoms with Gasteiger partial charge < -0.3 is 0 Å². The molecular weight excluding hydrogens is 607 g/mol. The van der Waals surface area contributed by atoms with Crippen molar-refractivity contribution in [2.24, 2.45) is 0 Å². The van der Waals surface area contributed by atoms with E-state index in [-0.39, 0.29) is 0 Å². The zero-order valence-electron chi connectivity index (χ0n) is 27.1. The minimum Gasteiger partial charge on any atom is -0.228 e. The predicted octanol–water partition coefficient (Wildman–Crippen LogP) is 12.1. The largest absolute Gasteiger partial charge is 0.228 e. The van der Waals surface area contributed by atoms with E-state index in [9.17, 15) is 5.26 Å². The first-order valence-electron chi connectivity index (χ1n) is 16.7. The van der Waals surface area contributed by atoms with E-state index < -0.39 is 0 Å². The quantitative estimate of drug-likeness (QED) is 0.189. The van der Waals surface area contributed by atoms with Crippen LogP contribution in [0, 0.1) is 11.3 Å². The van der Waals surface area contributed by atoms with E-state index >= 15 is 0 Å². The van der Waals surface area contributed by atoms with E-state index in [0.717, 1.165) is 44.4 Å². The number of fused-ring (bicyclic) bond motifs is 3. The van der Waals surface area contributed by atoms with Gasteiger partial charge in [-0.1, -0.05) is 158 Å². The van der Waals surface area contributed by atoms with Gasteiger partial charge in [-0.2, -0.15) is 5.26 Å². The molecule has 9 rings (SSSR count). The molecule has 8 aromatic carbocycles. The molecule has 3 heteroatoms. The molecule has 9 aromatic rings. The van der Waals surface area contributed by atoms with Crippen molar-refractivity contribution in [3.63, 3.8) is 0 Å². The van der Waals surface area contributed by atoms with Crippen LogP contribution in [0.3, 0.4) is 0 Å². The molecule has 0 fully saturated rings. The Labute approximate surface area is 290 Å². The molecule has 0 atom stereocenters. The zero-order valence-corrected chi connectivity index (χ0v) is 27.1. The molecule has 0 aliphatic heterocycles. The van der Waals surface area contributed by atoms with Gasteiger partial charge in [-0.05, 0) is 73.1 Å². The maximum Gasteiger partial charge on any atom is 0.160 e. The molecule has 0 saturated heterocycles. The van der Waals surface area contributed by atoms with Gasteiger partial charge in [0, 0.05) is 16.5 Å². The van der Waals surface area contributed by atoms with Crippen molar-refractivity contribution < 1.29 is 0 Å². The van der Waals surface area contributed by atoms with Crippen molar-refractivity contribution in [1.29, 1.82) is 5.26 Å².